The molecule has 0 aliphatic carbocycles. The van der Waals surface area contributed by atoms with E-state index in [1.165, 1.54) is 0 Å². The Morgan fingerprint density at radius 2 is 1.80 bits per heavy atom. The highest BCUT2D eigenvalue weighted by molar-refractivity contribution is 5.99. The molecule has 0 saturated carbocycles. The van der Waals surface area contributed by atoms with Crippen LogP contribution in [0.25, 0.3) is 0 Å². The maximum atomic E-state index is 12.8. The number of nitrogens with one attached hydrogen (secondary N) is 1. The molecule has 116 valence electrons. The Morgan fingerprint density at radius 3 is 2.25 bits per heavy atom. The van der Waals surface area contributed by atoms with Gasteiger partial charge in [-0.1, -0.05) is 47.5 Å². The van der Waals surface area contributed by atoms with Crippen LogP contribution in [-0.4, -0.2) is 34.8 Å². The van der Waals surface area contributed by atoms with Gasteiger partial charge in [-0.15, -0.1) is 0 Å². The lowest BCUT2D eigenvalue weighted by Gasteiger charge is -2.49. The van der Waals surface area contributed by atoms with Crippen molar-refractivity contribution in [3.05, 3.63) is 0 Å². The van der Waals surface area contributed by atoms with Gasteiger partial charge >= 0.3 is 0 Å². The third-order valence-electron chi connectivity index (χ3n) is 4.41. The number of hydrogen-bond donors (Lipinski definition) is 1. The van der Waals surface area contributed by atoms with E-state index in [9.17, 15) is 9.59 Å². The Hall–Kier alpha value is -1.06. The van der Waals surface area contributed by atoms with Gasteiger partial charge in [0.1, 0.15) is 11.6 Å². The molecule has 0 aromatic carbocycles. The predicted octanol–water partition coefficient (Wildman–Crippen LogP) is 2.72. The molecule has 1 aliphatic heterocycles. The molecule has 2 unspecified atom stereocenters. The molecule has 2 atom stereocenters. The Morgan fingerprint density at radius 1 is 1.20 bits per heavy atom. The zero-order valence-corrected chi connectivity index (χ0v) is 13.9. The van der Waals surface area contributed by atoms with Crippen LogP contribution in [0, 0.1) is 5.41 Å². The van der Waals surface area contributed by atoms with Crippen molar-refractivity contribution in [2.75, 3.05) is 6.54 Å². The number of amides is 2. The van der Waals surface area contributed by atoms with Gasteiger partial charge in [0.05, 0.1) is 0 Å². The van der Waals surface area contributed by atoms with Crippen LogP contribution in [0.5, 0.6) is 0 Å². The summed E-state index contributed by atoms with van der Waals surface area (Å²) in [5.74, 6) is 0.0496. The van der Waals surface area contributed by atoms with Crippen LogP contribution >= 0.6 is 0 Å². The average molecular weight is 282 g/mol. The molecule has 1 saturated heterocycles. The number of carbonyl (C=O) groups is 2. The van der Waals surface area contributed by atoms with Crippen LogP contribution < -0.4 is 5.32 Å². The normalized spacial score (nSPS) is 27.7. The van der Waals surface area contributed by atoms with Crippen molar-refractivity contribution in [2.24, 2.45) is 5.41 Å². The largest absolute Gasteiger partial charge is 0.342 e. The Balaban J connectivity index is 3.02. The summed E-state index contributed by atoms with van der Waals surface area (Å²) in [6, 6.07) is -0.420. The third-order valence-corrected chi connectivity index (χ3v) is 4.41. The molecule has 0 aromatic rings. The van der Waals surface area contributed by atoms with Gasteiger partial charge in [0.2, 0.25) is 11.8 Å². The summed E-state index contributed by atoms with van der Waals surface area (Å²) >= 11 is 0. The van der Waals surface area contributed by atoms with Gasteiger partial charge in [-0.05, 0) is 25.2 Å². The van der Waals surface area contributed by atoms with Crippen LogP contribution in [0.2, 0.25) is 0 Å². The van der Waals surface area contributed by atoms with Crippen LogP contribution in [0.15, 0.2) is 0 Å². The van der Waals surface area contributed by atoms with Crippen molar-refractivity contribution >= 4 is 11.8 Å². The third kappa shape index (κ3) is 3.15. The van der Waals surface area contributed by atoms with E-state index in [2.05, 4.69) is 12.2 Å². The molecule has 0 radical (unpaired) electrons. The maximum absolute atomic E-state index is 12.8. The summed E-state index contributed by atoms with van der Waals surface area (Å²) in [5, 5.41) is 2.94. The minimum Gasteiger partial charge on any atom is -0.342 e. The number of carbonyl (C=O) groups excluding carboxylic acids is 2. The van der Waals surface area contributed by atoms with E-state index in [0.29, 0.717) is 13.0 Å². The Kier molecular flexibility index (Phi) is 5.22. The molecule has 0 spiro atoms. The molecule has 20 heavy (non-hydrogen) atoms. The fourth-order valence-electron chi connectivity index (χ4n) is 2.69. The van der Waals surface area contributed by atoms with E-state index >= 15 is 0 Å². The lowest BCUT2D eigenvalue weighted by molar-refractivity contribution is -0.159. The molecule has 4 nitrogen and oxygen atoms in total. The number of nitrogens with zero attached hydrogens (tertiary/aromatic N) is 1. The highest BCUT2D eigenvalue weighted by Crippen LogP contribution is 2.31. The molecule has 1 N–H and O–H groups in total. The first-order valence-corrected chi connectivity index (χ1v) is 7.81. The predicted molar refractivity (Wildman–Crippen MR) is 81.3 cm³/mol. The first kappa shape index (κ1) is 17.0. The fraction of sp³-hybridized carbons (Fsp3) is 0.875. The van der Waals surface area contributed by atoms with Gasteiger partial charge in [-0.3, -0.25) is 9.59 Å². The van der Waals surface area contributed by atoms with Crippen LogP contribution in [-0.2, 0) is 9.59 Å². The molecule has 1 fully saturated rings. The number of unbranched alkanes of at least 4 members (excludes halogenated alkanes) is 2. The van der Waals surface area contributed by atoms with Crippen LogP contribution in [0.4, 0.5) is 0 Å². The van der Waals surface area contributed by atoms with Gasteiger partial charge in [-0.2, -0.15) is 0 Å². The highest BCUT2D eigenvalue weighted by atomic mass is 16.2. The topological polar surface area (TPSA) is 49.4 Å². The van der Waals surface area contributed by atoms with Crippen molar-refractivity contribution < 1.29 is 9.59 Å². The van der Waals surface area contributed by atoms with Crippen molar-refractivity contribution in [1.29, 1.82) is 0 Å². The van der Waals surface area contributed by atoms with Gasteiger partial charge in [0.25, 0.3) is 0 Å². The van der Waals surface area contributed by atoms with Crippen molar-refractivity contribution in [3.8, 4) is 0 Å². The van der Waals surface area contributed by atoms with E-state index in [4.69, 9.17) is 0 Å². The summed E-state index contributed by atoms with van der Waals surface area (Å²) in [4.78, 5) is 27.1. The fourth-order valence-corrected chi connectivity index (χ4v) is 2.69. The van der Waals surface area contributed by atoms with Gasteiger partial charge in [0, 0.05) is 6.54 Å². The Bertz CT molecular complexity index is 373. The van der Waals surface area contributed by atoms with Crippen LogP contribution in [0.1, 0.15) is 67.2 Å². The van der Waals surface area contributed by atoms with Gasteiger partial charge < -0.3 is 10.2 Å². The van der Waals surface area contributed by atoms with E-state index in [-0.39, 0.29) is 17.2 Å². The van der Waals surface area contributed by atoms with Crippen molar-refractivity contribution in [3.63, 3.8) is 0 Å². The van der Waals surface area contributed by atoms with Gasteiger partial charge in [-0.25, -0.2) is 0 Å². The molecular formula is C16H30N2O2. The highest BCUT2D eigenvalue weighted by Gasteiger charge is 2.50. The van der Waals surface area contributed by atoms with Crippen molar-refractivity contribution in [1.82, 2.24) is 10.2 Å². The number of hydrogen-bond acceptors (Lipinski definition) is 2. The summed E-state index contributed by atoms with van der Waals surface area (Å²) < 4.78 is 0. The molecule has 1 rings (SSSR count). The summed E-state index contributed by atoms with van der Waals surface area (Å²) in [7, 11) is 0. The first-order valence-electron chi connectivity index (χ1n) is 7.81. The molecule has 0 aromatic heterocycles. The molecule has 1 heterocycles. The lowest BCUT2D eigenvalue weighted by Crippen LogP contribution is -2.71. The zero-order valence-electron chi connectivity index (χ0n) is 13.9. The molecule has 2 amide bonds. The smallest absolute Gasteiger partial charge is 0.246 e. The molecule has 0 bridgehead atoms. The summed E-state index contributed by atoms with van der Waals surface area (Å²) in [6.07, 6.45) is 3.81. The quantitative estimate of drug-likeness (QED) is 0.788. The average Bonchev–Trinajstić information content (AvgIpc) is 2.36. The Labute approximate surface area is 123 Å². The van der Waals surface area contributed by atoms with Gasteiger partial charge in [0.15, 0.2) is 0 Å². The molecular weight excluding hydrogens is 252 g/mol. The second kappa shape index (κ2) is 6.15. The maximum Gasteiger partial charge on any atom is 0.246 e. The zero-order chi connectivity index (χ0) is 15.6. The minimum atomic E-state index is -0.702. The van der Waals surface area contributed by atoms with E-state index in [1.54, 1.807) is 0 Å². The minimum absolute atomic E-state index is 0.0176. The van der Waals surface area contributed by atoms with Crippen molar-refractivity contribution in [2.45, 2.75) is 78.8 Å². The molecule has 1 aliphatic rings. The second-order valence-corrected chi connectivity index (χ2v) is 7.10. The standard InChI is InChI=1S/C16H30N2O2/c1-7-9-10-11-18-13(19)12(15(3,4)5)17-14(20)16(18,6)8-2/h12H,7-11H2,1-6H3,(H,17,20). The van der Waals surface area contributed by atoms with E-state index in [1.807, 2.05) is 39.5 Å². The second-order valence-electron chi connectivity index (χ2n) is 7.10. The van der Waals surface area contributed by atoms with E-state index < -0.39 is 11.6 Å². The number of piperazine rings is 1. The monoisotopic (exact) mass is 282 g/mol. The number of rotatable bonds is 5. The first-order chi connectivity index (χ1) is 9.18. The van der Waals surface area contributed by atoms with Crippen LogP contribution in [0.3, 0.4) is 0 Å². The molecule has 4 heteroatoms. The van der Waals surface area contributed by atoms with E-state index in [0.717, 1.165) is 19.3 Å². The summed E-state index contributed by atoms with van der Waals surface area (Å²) in [5.41, 5.74) is -0.961. The SMILES string of the molecule is CCCCCN1C(=O)C(C(C)(C)C)NC(=O)C1(C)CC. The lowest BCUT2D eigenvalue weighted by atomic mass is 9.80. The summed E-state index contributed by atoms with van der Waals surface area (Å²) in [6.45, 7) is 12.7.